The van der Waals surface area contributed by atoms with E-state index >= 15 is 0 Å². The fraction of sp³-hybridized carbons (Fsp3) is 0.300. The molecule has 0 fully saturated rings. The number of rotatable bonds is 9. The molecular weight excluding hydrogens is 378 g/mol. The molecule has 0 aliphatic heterocycles. The van der Waals surface area contributed by atoms with Crippen molar-refractivity contribution >= 4 is 21.8 Å². The van der Waals surface area contributed by atoms with Gasteiger partial charge in [0, 0.05) is 39.2 Å². The average Bonchev–Trinajstić information content (AvgIpc) is 2.70. The van der Waals surface area contributed by atoms with Gasteiger partial charge >= 0.3 is 0 Å². The summed E-state index contributed by atoms with van der Waals surface area (Å²) in [7, 11) is -0.500. The fourth-order valence-corrected chi connectivity index (χ4v) is 3.32. The molecule has 7 nitrogen and oxygen atoms in total. The number of carbonyl (C=O) groups excluding carboxylic acids is 2. The maximum atomic E-state index is 12.0. The van der Waals surface area contributed by atoms with Crippen LogP contribution in [0.15, 0.2) is 59.5 Å². The molecule has 0 spiro atoms. The molecule has 0 radical (unpaired) electrons. The van der Waals surface area contributed by atoms with E-state index in [4.69, 9.17) is 0 Å². The second-order valence-electron chi connectivity index (χ2n) is 6.43. The van der Waals surface area contributed by atoms with Crippen LogP contribution in [-0.2, 0) is 21.4 Å². The van der Waals surface area contributed by atoms with Crippen molar-refractivity contribution in [1.82, 2.24) is 14.9 Å². The van der Waals surface area contributed by atoms with Crippen molar-refractivity contribution in [3.63, 3.8) is 0 Å². The molecular formula is C20H25N3O4S. The summed E-state index contributed by atoms with van der Waals surface area (Å²) in [6.07, 6.45) is 0.826. The Kier molecular flexibility index (Phi) is 7.71. The third-order valence-corrected chi connectivity index (χ3v) is 5.92. The SMILES string of the molecule is CN(C)S(=O)(=O)c1ccc(CNC(=O)CCCNC(=O)c2ccccc2)cc1. The van der Waals surface area contributed by atoms with E-state index in [1.54, 1.807) is 36.4 Å². The van der Waals surface area contributed by atoms with Gasteiger partial charge in [0.05, 0.1) is 4.90 Å². The Morgan fingerprint density at radius 1 is 0.929 bits per heavy atom. The number of nitrogens with one attached hydrogen (secondary N) is 2. The van der Waals surface area contributed by atoms with E-state index in [9.17, 15) is 18.0 Å². The number of carbonyl (C=O) groups is 2. The largest absolute Gasteiger partial charge is 0.352 e. The first-order valence-corrected chi connectivity index (χ1v) is 10.4. The van der Waals surface area contributed by atoms with Crippen LogP contribution in [0.3, 0.4) is 0 Å². The summed E-state index contributed by atoms with van der Waals surface area (Å²) in [6.45, 7) is 0.732. The molecule has 2 aromatic rings. The van der Waals surface area contributed by atoms with Gasteiger partial charge in [0.2, 0.25) is 15.9 Å². The van der Waals surface area contributed by atoms with E-state index in [0.717, 1.165) is 9.87 Å². The molecule has 2 N–H and O–H groups in total. The highest BCUT2D eigenvalue weighted by Gasteiger charge is 2.16. The molecule has 0 atom stereocenters. The molecule has 150 valence electrons. The Bertz CT molecular complexity index is 895. The standard InChI is InChI=1S/C20H25N3O4S/c1-23(2)28(26,27)18-12-10-16(11-13-18)15-22-19(24)9-6-14-21-20(25)17-7-4-3-5-8-17/h3-5,7-8,10-13H,6,9,14-15H2,1-2H3,(H,21,25)(H,22,24). The van der Waals surface area contributed by atoms with Crippen LogP contribution in [-0.4, -0.2) is 45.2 Å². The van der Waals surface area contributed by atoms with Gasteiger partial charge in [-0.05, 0) is 36.2 Å². The van der Waals surface area contributed by atoms with Crippen LogP contribution in [0.25, 0.3) is 0 Å². The van der Waals surface area contributed by atoms with E-state index in [1.807, 2.05) is 6.07 Å². The molecule has 28 heavy (non-hydrogen) atoms. The van der Waals surface area contributed by atoms with Crippen molar-refractivity contribution < 1.29 is 18.0 Å². The van der Waals surface area contributed by atoms with Gasteiger partial charge in [-0.2, -0.15) is 0 Å². The molecule has 0 aliphatic carbocycles. The minimum atomic E-state index is -3.46. The molecule has 2 aromatic carbocycles. The third-order valence-electron chi connectivity index (χ3n) is 4.09. The predicted molar refractivity (Wildman–Crippen MR) is 107 cm³/mol. The van der Waals surface area contributed by atoms with E-state index < -0.39 is 10.0 Å². The highest BCUT2D eigenvalue weighted by Crippen LogP contribution is 2.13. The van der Waals surface area contributed by atoms with Crippen molar-refractivity contribution in [2.45, 2.75) is 24.3 Å². The number of benzene rings is 2. The zero-order chi connectivity index (χ0) is 20.6. The number of hydrogen-bond donors (Lipinski definition) is 2. The van der Waals surface area contributed by atoms with Crippen molar-refractivity contribution in [2.24, 2.45) is 0 Å². The molecule has 0 bridgehead atoms. The van der Waals surface area contributed by atoms with Gasteiger partial charge in [-0.25, -0.2) is 12.7 Å². The van der Waals surface area contributed by atoms with E-state index in [1.165, 1.54) is 26.2 Å². The van der Waals surface area contributed by atoms with Gasteiger partial charge in [-0.1, -0.05) is 30.3 Å². The second kappa shape index (κ2) is 10.0. The van der Waals surface area contributed by atoms with Crippen LogP contribution in [0.1, 0.15) is 28.8 Å². The maximum absolute atomic E-state index is 12.0. The lowest BCUT2D eigenvalue weighted by Gasteiger charge is -2.12. The van der Waals surface area contributed by atoms with Crippen LogP contribution < -0.4 is 10.6 Å². The first-order chi connectivity index (χ1) is 13.3. The van der Waals surface area contributed by atoms with E-state index in [2.05, 4.69) is 10.6 Å². The van der Waals surface area contributed by atoms with Crippen LogP contribution in [0.2, 0.25) is 0 Å². The number of amides is 2. The Morgan fingerprint density at radius 2 is 1.57 bits per heavy atom. The number of sulfonamides is 1. The molecule has 0 unspecified atom stereocenters. The number of hydrogen-bond acceptors (Lipinski definition) is 4. The first-order valence-electron chi connectivity index (χ1n) is 8.92. The van der Waals surface area contributed by atoms with E-state index in [-0.39, 0.29) is 16.7 Å². The molecule has 2 amide bonds. The van der Waals surface area contributed by atoms with Crippen molar-refractivity contribution in [1.29, 1.82) is 0 Å². The van der Waals surface area contributed by atoms with Gasteiger partial charge in [0.1, 0.15) is 0 Å². The van der Waals surface area contributed by atoms with Crippen LogP contribution >= 0.6 is 0 Å². The molecule has 0 saturated heterocycles. The lowest BCUT2D eigenvalue weighted by molar-refractivity contribution is -0.121. The Balaban J connectivity index is 1.70. The molecule has 0 saturated carbocycles. The van der Waals surface area contributed by atoms with Gasteiger partial charge < -0.3 is 10.6 Å². The third kappa shape index (κ3) is 6.17. The normalized spacial score (nSPS) is 11.2. The Labute approximate surface area is 165 Å². The quantitative estimate of drug-likeness (QED) is 0.624. The summed E-state index contributed by atoms with van der Waals surface area (Å²) in [4.78, 5) is 24.0. The number of nitrogens with zero attached hydrogens (tertiary/aromatic N) is 1. The van der Waals surface area contributed by atoms with Crippen LogP contribution in [0.5, 0.6) is 0 Å². The predicted octanol–water partition coefficient (Wildman–Crippen LogP) is 1.76. The summed E-state index contributed by atoms with van der Waals surface area (Å²) in [5, 5.41) is 5.57. The monoisotopic (exact) mass is 403 g/mol. The highest BCUT2D eigenvalue weighted by molar-refractivity contribution is 7.89. The first kappa shape index (κ1) is 21.6. The Morgan fingerprint density at radius 3 is 2.18 bits per heavy atom. The average molecular weight is 404 g/mol. The molecule has 0 aliphatic rings. The summed E-state index contributed by atoms with van der Waals surface area (Å²) >= 11 is 0. The van der Waals surface area contributed by atoms with Crippen molar-refractivity contribution in [2.75, 3.05) is 20.6 Å². The summed E-state index contributed by atoms with van der Waals surface area (Å²) in [5.41, 5.74) is 1.40. The molecule has 8 heteroatoms. The van der Waals surface area contributed by atoms with Crippen molar-refractivity contribution in [3.05, 3.63) is 65.7 Å². The second-order valence-corrected chi connectivity index (χ2v) is 8.59. The molecule has 0 heterocycles. The van der Waals surface area contributed by atoms with Gasteiger partial charge in [0.25, 0.3) is 5.91 Å². The summed E-state index contributed by atoms with van der Waals surface area (Å²) in [6, 6.07) is 15.3. The fourth-order valence-electron chi connectivity index (χ4n) is 2.42. The van der Waals surface area contributed by atoms with Gasteiger partial charge in [0.15, 0.2) is 0 Å². The zero-order valence-electron chi connectivity index (χ0n) is 16.0. The minimum Gasteiger partial charge on any atom is -0.352 e. The topological polar surface area (TPSA) is 95.6 Å². The molecule has 0 aromatic heterocycles. The van der Waals surface area contributed by atoms with Gasteiger partial charge in [-0.15, -0.1) is 0 Å². The van der Waals surface area contributed by atoms with Gasteiger partial charge in [-0.3, -0.25) is 9.59 Å². The maximum Gasteiger partial charge on any atom is 0.251 e. The molecule has 2 rings (SSSR count). The van der Waals surface area contributed by atoms with Crippen LogP contribution in [0, 0.1) is 0 Å². The van der Waals surface area contributed by atoms with Crippen molar-refractivity contribution in [3.8, 4) is 0 Å². The van der Waals surface area contributed by atoms with Crippen LogP contribution in [0.4, 0.5) is 0 Å². The zero-order valence-corrected chi connectivity index (χ0v) is 16.8. The summed E-state index contributed by atoms with van der Waals surface area (Å²) < 4.78 is 25.2. The summed E-state index contributed by atoms with van der Waals surface area (Å²) in [5.74, 6) is -0.285. The Hall–Kier alpha value is -2.71. The highest BCUT2D eigenvalue weighted by atomic mass is 32.2. The minimum absolute atomic E-state index is 0.126. The lowest BCUT2D eigenvalue weighted by Crippen LogP contribution is -2.27. The lowest BCUT2D eigenvalue weighted by atomic mass is 10.2. The van der Waals surface area contributed by atoms with E-state index in [0.29, 0.717) is 31.5 Å². The smallest absolute Gasteiger partial charge is 0.251 e.